The summed E-state index contributed by atoms with van der Waals surface area (Å²) in [5.41, 5.74) is 2.66. The Hall–Kier alpha value is -0.670. The Bertz CT molecular complexity index is 258. The number of phosphoric acid groups is 1. The van der Waals surface area contributed by atoms with Crippen LogP contribution in [0.5, 0.6) is 0 Å². The van der Waals surface area contributed by atoms with Gasteiger partial charge in [0.2, 0.25) is 0 Å². The molecule has 1 aromatic carbocycles. The van der Waals surface area contributed by atoms with Crippen LogP contribution in [0.1, 0.15) is 11.1 Å². The van der Waals surface area contributed by atoms with Gasteiger partial charge in [-0.2, -0.15) is 0 Å². The summed E-state index contributed by atoms with van der Waals surface area (Å²) in [6.07, 6.45) is 0. The van der Waals surface area contributed by atoms with Gasteiger partial charge in [0.05, 0.1) is 0 Å². The van der Waals surface area contributed by atoms with Crippen molar-refractivity contribution in [2.45, 2.75) is 13.8 Å². The highest BCUT2D eigenvalue weighted by Crippen LogP contribution is 2.25. The molecule has 4 nitrogen and oxygen atoms in total. The molecule has 13 heavy (non-hydrogen) atoms. The highest BCUT2D eigenvalue weighted by atomic mass is 31.2. The summed E-state index contributed by atoms with van der Waals surface area (Å²) >= 11 is 0. The third kappa shape index (κ3) is 11.3. The highest BCUT2D eigenvalue weighted by Gasteiger charge is 2.00. The molecule has 74 valence electrons. The molecule has 0 atom stereocenters. The maximum absolute atomic E-state index is 8.88. The highest BCUT2D eigenvalue weighted by molar-refractivity contribution is 7.45. The number of aryl methyl sites for hydroxylation is 2. The van der Waals surface area contributed by atoms with Crippen molar-refractivity contribution >= 4 is 7.82 Å². The Balaban J connectivity index is 0.000000252. The van der Waals surface area contributed by atoms with E-state index in [1.807, 2.05) is 0 Å². The molecule has 1 rings (SSSR count). The zero-order chi connectivity index (χ0) is 10.5. The lowest BCUT2D eigenvalue weighted by molar-refractivity contribution is 0.275. The standard InChI is InChI=1S/C8H10.H3O4P/c1-7-3-5-8(2)6-4-7;1-5(2,3)4/h3-6H,1-2H3;(H3,1,2,3,4). The molecule has 0 radical (unpaired) electrons. The molecule has 0 aliphatic carbocycles. The number of hydrogen-bond acceptors (Lipinski definition) is 1. The largest absolute Gasteiger partial charge is 0.466 e. The molecule has 1 aromatic rings. The minimum atomic E-state index is -4.64. The lowest BCUT2D eigenvalue weighted by Gasteiger charge is -1.90. The van der Waals surface area contributed by atoms with E-state index in [1.165, 1.54) is 11.1 Å². The fourth-order valence-electron chi connectivity index (χ4n) is 0.637. The minimum absolute atomic E-state index is 1.33. The smallest absolute Gasteiger partial charge is 0.303 e. The van der Waals surface area contributed by atoms with Gasteiger partial charge in [0.15, 0.2) is 0 Å². The van der Waals surface area contributed by atoms with E-state index >= 15 is 0 Å². The lowest BCUT2D eigenvalue weighted by Crippen LogP contribution is -1.70. The second-order valence-electron chi connectivity index (χ2n) is 2.67. The van der Waals surface area contributed by atoms with Gasteiger partial charge < -0.3 is 14.7 Å². The van der Waals surface area contributed by atoms with Crippen molar-refractivity contribution in [3.05, 3.63) is 35.4 Å². The van der Waals surface area contributed by atoms with E-state index in [4.69, 9.17) is 19.2 Å². The monoisotopic (exact) mass is 204 g/mol. The molecule has 0 spiro atoms. The quantitative estimate of drug-likeness (QED) is 0.558. The molecule has 0 aliphatic rings. The van der Waals surface area contributed by atoms with Gasteiger partial charge in [-0.1, -0.05) is 35.4 Å². The van der Waals surface area contributed by atoms with Crippen molar-refractivity contribution in [3.63, 3.8) is 0 Å². The van der Waals surface area contributed by atoms with Gasteiger partial charge >= 0.3 is 7.82 Å². The first-order chi connectivity index (χ1) is 5.79. The summed E-state index contributed by atoms with van der Waals surface area (Å²) in [6, 6.07) is 8.48. The van der Waals surface area contributed by atoms with Crippen molar-refractivity contribution in [1.82, 2.24) is 0 Å². The van der Waals surface area contributed by atoms with Crippen LogP contribution in [0.25, 0.3) is 0 Å². The van der Waals surface area contributed by atoms with Gasteiger partial charge in [-0.25, -0.2) is 4.57 Å². The molecular weight excluding hydrogens is 191 g/mol. The van der Waals surface area contributed by atoms with Gasteiger partial charge in [0.1, 0.15) is 0 Å². The van der Waals surface area contributed by atoms with Gasteiger partial charge in [-0.05, 0) is 13.8 Å². The van der Waals surface area contributed by atoms with Crippen molar-refractivity contribution in [2.24, 2.45) is 0 Å². The lowest BCUT2D eigenvalue weighted by atomic mass is 10.2. The second kappa shape index (κ2) is 5.14. The third-order valence-electron chi connectivity index (χ3n) is 1.22. The number of hydrogen-bond donors (Lipinski definition) is 3. The maximum atomic E-state index is 8.88. The molecule has 0 aliphatic heterocycles. The van der Waals surface area contributed by atoms with E-state index in [0.29, 0.717) is 0 Å². The molecule has 0 fully saturated rings. The zero-order valence-corrected chi connectivity index (χ0v) is 8.40. The fourth-order valence-corrected chi connectivity index (χ4v) is 0.637. The van der Waals surface area contributed by atoms with Gasteiger partial charge in [-0.3, -0.25) is 0 Å². The molecule has 0 bridgehead atoms. The Morgan fingerprint density at radius 1 is 0.923 bits per heavy atom. The van der Waals surface area contributed by atoms with Crippen molar-refractivity contribution < 1.29 is 19.2 Å². The fraction of sp³-hybridized carbons (Fsp3) is 0.250. The van der Waals surface area contributed by atoms with Crippen LogP contribution in [0.2, 0.25) is 0 Å². The molecule has 0 heterocycles. The molecule has 0 aromatic heterocycles. The summed E-state index contributed by atoms with van der Waals surface area (Å²) < 4.78 is 8.88. The molecule has 0 unspecified atom stereocenters. The average Bonchev–Trinajstić information content (AvgIpc) is 1.92. The van der Waals surface area contributed by atoms with Crippen LogP contribution in [-0.2, 0) is 4.57 Å². The van der Waals surface area contributed by atoms with Crippen LogP contribution in [0.3, 0.4) is 0 Å². The first-order valence-corrected chi connectivity index (χ1v) is 5.17. The number of rotatable bonds is 0. The van der Waals surface area contributed by atoms with Crippen molar-refractivity contribution in [1.29, 1.82) is 0 Å². The molecule has 0 saturated carbocycles. The topological polar surface area (TPSA) is 77.8 Å². The van der Waals surface area contributed by atoms with E-state index in [9.17, 15) is 0 Å². The Labute approximate surface area is 77.1 Å². The average molecular weight is 204 g/mol. The normalized spacial score (nSPS) is 10.2. The maximum Gasteiger partial charge on any atom is 0.466 e. The predicted octanol–water partition coefficient (Wildman–Crippen LogP) is 1.37. The van der Waals surface area contributed by atoms with Crippen LogP contribution >= 0.6 is 7.82 Å². The molecule has 3 N–H and O–H groups in total. The van der Waals surface area contributed by atoms with Crippen LogP contribution in [0.4, 0.5) is 0 Å². The van der Waals surface area contributed by atoms with E-state index in [1.54, 1.807) is 0 Å². The van der Waals surface area contributed by atoms with Gasteiger partial charge in [-0.15, -0.1) is 0 Å². The van der Waals surface area contributed by atoms with E-state index in [0.717, 1.165) is 0 Å². The Kier molecular flexibility index (Phi) is 4.88. The minimum Gasteiger partial charge on any atom is -0.303 e. The zero-order valence-electron chi connectivity index (χ0n) is 7.51. The summed E-state index contributed by atoms with van der Waals surface area (Å²) in [6.45, 7) is 4.19. The molecule has 5 heteroatoms. The van der Waals surface area contributed by atoms with Crippen LogP contribution < -0.4 is 0 Å². The summed E-state index contributed by atoms with van der Waals surface area (Å²) in [5.74, 6) is 0. The SMILES string of the molecule is Cc1ccc(C)cc1.O=P(O)(O)O. The second-order valence-corrected chi connectivity index (χ2v) is 3.69. The predicted molar refractivity (Wildman–Crippen MR) is 50.2 cm³/mol. The van der Waals surface area contributed by atoms with Crippen molar-refractivity contribution in [3.8, 4) is 0 Å². The van der Waals surface area contributed by atoms with E-state index in [-0.39, 0.29) is 0 Å². The number of benzene rings is 1. The van der Waals surface area contributed by atoms with E-state index in [2.05, 4.69) is 38.1 Å². The first kappa shape index (κ1) is 12.3. The molecule has 0 amide bonds. The summed E-state index contributed by atoms with van der Waals surface area (Å²) in [7, 11) is -4.64. The molecular formula is C8H13O4P. The summed E-state index contributed by atoms with van der Waals surface area (Å²) in [5, 5.41) is 0. The Morgan fingerprint density at radius 2 is 1.08 bits per heavy atom. The Morgan fingerprint density at radius 3 is 1.23 bits per heavy atom. The molecule has 0 saturated heterocycles. The van der Waals surface area contributed by atoms with E-state index < -0.39 is 7.82 Å². The van der Waals surface area contributed by atoms with Crippen molar-refractivity contribution in [2.75, 3.05) is 0 Å². The first-order valence-electron chi connectivity index (χ1n) is 3.60. The van der Waals surface area contributed by atoms with Crippen LogP contribution in [0, 0.1) is 13.8 Å². The van der Waals surface area contributed by atoms with Gasteiger partial charge in [0, 0.05) is 0 Å². The van der Waals surface area contributed by atoms with Crippen LogP contribution in [0.15, 0.2) is 24.3 Å². The van der Waals surface area contributed by atoms with Gasteiger partial charge in [0.25, 0.3) is 0 Å². The third-order valence-corrected chi connectivity index (χ3v) is 1.22. The summed E-state index contributed by atoms with van der Waals surface area (Å²) in [4.78, 5) is 21.6. The van der Waals surface area contributed by atoms with Crippen LogP contribution in [-0.4, -0.2) is 14.7 Å².